The number of aromatic nitrogens is 1. The molecule has 1 rings (SSSR count). The fourth-order valence-electron chi connectivity index (χ4n) is 1.57. The molecule has 1 aromatic heterocycles. The first-order chi connectivity index (χ1) is 7.71. The van der Waals surface area contributed by atoms with E-state index in [1.54, 1.807) is 18.4 Å². The minimum Gasteiger partial charge on any atom is -0.383 e. The van der Waals surface area contributed by atoms with Crippen molar-refractivity contribution in [3.05, 3.63) is 11.1 Å². The molecule has 1 aromatic rings. The zero-order chi connectivity index (χ0) is 12.0. The maximum absolute atomic E-state index is 5.30. The molecule has 0 spiro atoms. The molecule has 0 aliphatic carbocycles. The summed E-state index contributed by atoms with van der Waals surface area (Å²) in [6.45, 7) is 6.94. The van der Waals surface area contributed by atoms with E-state index in [0.717, 1.165) is 24.8 Å². The molecule has 0 amide bonds. The highest BCUT2D eigenvalue weighted by atomic mass is 32.1. The Balaban J connectivity index is 2.55. The molecule has 0 bridgehead atoms. The zero-order valence-electron chi connectivity index (χ0n) is 10.1. The van der Waals surface area contributed by atoms with Gasteiger partial charge in [-0.1, -0.05) is 18.3 Å². The molecular formula is C10H20N4OS. The lowest BCUT2D eigenvalue weighted by Crippen LogP contribution is -2.35. The number of thiazole rings is 1. The van der Waals surface area contributed by atoms with Crippen molar-refractivity contribution in [3.8, 4) is 0 Å². The molecule has 0 radical (unpaired) electrons. The molecule has 1 atom stereocenters. The average Bonchev–Trinajstić information content (AvgIpc) is 2.73. The van der Waals surface area contributed by atoms with E-state index in [4.69, 9.17) is 10.6 Å². The summed E-state index contributed by atoms with van der Waals surface area (Å²) in [5, 5.41) is 0.755. The Morgan fingerprint density at radius 1 is 1.69 bits per heavy atom. The number of rotatable bonds is 7. The van der Waals surface area contributed by atoms with Gasteiger partial charge >= 0.3 is 0 Å². The molecule has 0 aromatic carbocycles. The molecule has 0 fully saturated rings. The van der Waals surface area contributed by atoms with Crippen LogP contribution in [-0.2, 0) is 11.3 Å². The van der Waals surface area contributed by atoms with Crippen molar-refractivity contribution < 1.29 is 4.74 Å². The molecule has 92 valence electrons. The third kappa shape index (κ3) is 3.71. The first kappa shape index (κ1) is 13.4. The Morgan fingerprint density at radius 3 is 2.94 bits per heavy atom. The van der Waals surface area contributed by atoms with E-state index in [1.165, 1.54) is 4.88 Å². The number of ether oxygens (including phenoxy) is 1. The fraction of sp³-hybridized carbons (Fsp3) is 0.700. The van der Waals surface area contributed by atoms with E-state index in [2.05, 4.69) is 29.2 Å². The fourth-order valence-corrected chi connectivity index (χ4v) is 2.32. The third-order valence-corrected chi connectivity index (χ3v) is 3.39. The number of methoxy groups -OCH3 is 1. The van der Waals surface area contributed by atoms with Gasteiger partial charge in [-0.15, -0.1) is 0 Å². The lowest BCUT2D eigenvalue weighted by molar-refractivity contribution is 0.0988. The average molecular weight is 244 g/mol. The monoisotopic (exact) mass is 244 g/mol. The molecular weight excluding hydrogens is 224 g/mol. The summed E-state index contributed by atoms with van der Waals surface area (Å²) in [4.78, 5) is 7.70. The Hall–Kier alpha value is -0.690. The number of likely N-dealkylation sites (N-methyl/N-ethyl adjacent to an activating group) is 1. The quantitative estimate of drug-likeness (QED) is 0.559. The number of hydrogen-bond acceptors (Lipinski definition) is 6. The highest BCUT2D eigenvalue weighted by molar-refractivity contribution is 7.15. The summed E-state index contributed by atoms with van der Waals surface area (Å²) in [6, 6.07) is 0.409. The number of nitrogens with two attached hydrogens (primary N) is 1. The van der Waals surface area contributed by atoms with Gasteiger partial charge in [0.25, 0.3) is 0 Å². The molecule has 5 nitrogen and oxygen atoms in total. The molecule has 0 saturated heterocycles. The van der Waals surface area contributed by atoms with Gasteiger partial charge < -0.3 is 4.74 Å². The summed E-state index contributed by atoms with van der Waals surface area (Å²) in [6.07, 6.45) is 1.86. The Bertz CT molecular complexity index is 305. The second-order valence-corrected chi connectivity index (χ2v) is 4.76. The third-order valence-electron chi connectivity index (χ3n) is 2.47. The van der Waals surface area contributed by atoms with E-state index in [9.17, 15) is 0 Å². The minimum atomic E-state index is 0.409. The van der Waals surface area contributed by atoms with Gasteiger partial charge in [-0.2, -0.15) is 0 Å². The lowest BCUT2D eigenvalue weighted by atomic mass is 10.3. The van der Waals surface area contributed by atoms with E-state index < -0.39 is 0 Å². The van der Waals surface area contributed by atoms with Crippen molar-refractivity contribution in [3.63, 3.8) is 0 Å². The van der Waals surface area contributed by atoms with Crippen molar-refractivity contribution in [2.75, 3.05) is 25.7 Å². The molecule has 16 heavy (non-hydrogen) atoms. The van der Waals surface area contributed by atoms with Gasteiger partial charge in [-0.3, -0.25) is 10.3 Å². The van der Waals surface area contributed by atoms with Crippen molar-refractivity contribution in [2.45, 2.75) is 26.4 Å². The Morgan fingerprint density at radius 2 is 2.44 bits per heavy atom. The summed E-state index contributed by atoms with van der Waals surface area (Å²) >= 11 is 1.58. The smallest absolute Gasteiger partial charge is 0.197 e. The first-order valence-electron chi connectivity index (χ1n) is 5.35. The number of nitrogens with zero attached hydrogens (tertiary/aromatic N) is 2. The maximum Gasteiger partial charge on any atom is 0.197 e. The van der Waals surface area contributed by atoms with Crippen molar-refractivity contribution in [1.82, 2.24) is 9.88 Å². The van der Waals surface area contributed by atoms with E-state index in [-0.39, 0.29) is 0 Å². The SMILES string of the molecule is CCN(Cc1cnc(NN)s1)C(C)COC. The Labute approximate surface area is 101 Å². The van der Waals surface area contributed by atoms with Gasteiger partial charge in [0.15, 0.2) is 5.13 Å². The molecule has 0 aliphatic heterocycles. The van der Waals surface area contributed by atoms with Crippen LogP contribution in [0.2, 0.25) is 0 Å². The summed E-state index contributed by atoms with van der Waals surface area (Å²) in [5.74, 6) is 5.30. The summed E-state index contributed by atoms with van der Waals surface area (Å²) in [5.41, 5.74) is 2.56. The van der Waals surface area contributed by atoms with E-state index in [1.807, 2.05) is 6.20 Å². The highest BCUT2D eigenvalue weighted by Gasteiger charge is 2.13. The van der Waals surface area contributed by atoms with E-state index in [0.29, 0.717) is 6.04 Å². The molecule has 0 saturated carbocycles. The lowest BCUT2D eigenvalue weighted by Gasteiger charge is -2.26. The number of anilines is 1. The van der Waals surface area contributed by atoms with Gasteiger partial charge in [-0.25, -0.2) is 10.8 Å². The number of hydrazine groups is 1. The standard InChI is InChI=1S/C10H20N4OS/c1-4-14(8(2)7-15-3)6-9-5-12-10(13-11)16-9/h5,8H,4,6-7,11H2,1-3H3,(H,12,13). The topological polar surface area (TPSA) is 63.4 Å². The van der Waals surface area contributed by atoms with Crippen molar-refractivity contribution >= 4 is 16.5 Å². The first-order valence-corrected chi connectivity index (χ1v) is 6.17. The number of nitrogen functional groups attached to an aromatic ring is 1. The van der Waals surface area contributed by atoms with Crippen LogP contribution in [0.15, 0.2) is 6.20 Å². The van der Waals surface area contributed by atoms with Crippen LogP contribution in [0.5, 0.6) is 0 Å². The van der Waals surface area contributed by atoms with Crippen LogP contribution >= 0.6 is 11.3 Å². The molecule has 0 aliphatic rings. The van der Waals surface area contributed by atoms with Gasteiger partial charge in [-0.05, 0) is 13.5 Å². The van der Waals surface area contributed by atoms with Crippen LogP contribution in [0.1, 0.15) is 18.7 Å². The number of nitrogens with one attached hydrogen (secondary N) is 1. The van der Waals surface area contributed by atoms with Crippen LogP contribution in [0, 0.1) is 0 Å². The summed E-state index contributed by atoms with van der Waals surface area (Å²) < 4.78 is 5.16. The highest BCUT2D eigenvalue weighted by Crippen LogP contribution is 2.19. The summed E-state index contributed by atoms with van der Waals surface area (Å²) in [7, 11) is 1.73. The number of hydrogen-bond donors (Lipinski definition) is 2. The van der Waals surface area contributed by atoms with Crippen LogP contribution < -0.4 is 11.3 Å². The van der Waals surface area contributed by atoms with Crippen molar-refractivity contribution in [2.24, 2.45) is 5.84 Å². The normalized spacial score (nSPS) is 13.1. The zero-order valence-corrected chi connectivity index (χ0v) is 10.9. The molecule has 1 unspecified atom stereocenters. The van der Waals surface area contributed by atoms with Gasteiger partial charge in [0, 0.05) is 30.8 Å². The predicted octanol–water partition coefficient (Wildman–Crippen LogP) is 1.29. The van der Waals surface area contributed by atoms with Crippen LogP contribution in [0.3, 0.4) is 0 Å². The van der Waals surface area contributed by atoms with Crippen LogP contribution in [0.4, 0.5) is 5.13 Å². The maximum atomic E-state index is 5.30. The Kier molecular flexibility index (Phi) is 5.68. The molecule has 1 heterocycles. The second-order valence-electron chi connectivity index (χ2n) is 3.64. The molecule has 3 N–H and O–H groups in total. The second kappa shape index (κ2) is 6.80. The van der Waals surface area contributed by atoms with Crippen LogP contribution in [-0.4, -0.2) is 36.2 Å². The van der Waals surface area contributed by atoms with Crippen LogP contribution in [0.25, 0.3) is 0 Å². The van der Waals surface area contributed by atoms with Gasteiger partial charge in [0.1, 0.15) is 0 Å². The largest absolute Gasteiger partial charge is 0.383 e. The van der Waals surface area contributed by atoms with Crippen molar-refractivity contribution in [1.29, 1.82) is 0 Å². The van der Waals surface area contributed by atoms with Gasteiger partial charge in [0.05, 0.1) is 6.61 Å². The minimum absolute atomic E-state index is 0.409. The van der Waals surface area contributed by atoms with E-state index >= 15 is 0 Å². The van der Waals surface area contributed by atoms with Gasteiger partial charge in [0.2, 0.25) is 0 Å². The predicted molar refractivity (Wildman–Crippen MR) is 67.3 cm³/mol. The molecule has 6 heteroatoms.